The number of carbonyl (C=O) groups is 1. The summed E-state index contributed by atoms with van der Waals surface area (Å²) in [6.45, 7) is 3.04. The molecule has 2 aromatic rings. The van der Waals surface area contributed by atoms with E-state index in [1.807, 2.05) is 35.7 Å². The minimum Gasteiger partial charge on any atom is -0.344 e. The van der Waals surface area contributed by atoms with Gasteiger partial charge in [0.15, 0.2) is 0 Å². The van der Waals surface area contributed by atoms with Crippen LogP contribution >= 0.6 is 22.9 Å². The van der Waals surface area contributed by atoms with Crippen LogP contribution in [0.1, 0.15) is 36.2 Å². The van der Waals surface area contributed by atoms with Crippen molar-refractivity contribution < 1.29 is 4.79 Å². The van der Waals surface area contributed by atoms with Gasteiger partial charge in [0, 0.05) is 21.9 Å². The molecule has 2 heterocycles. The predicted molar refractivity (Wildman–Crippen MR) is 95.9 cm³/mol. The van der Waals surface area contributed by atoms with Crippen LogP contribution in [0, 0.1) is 5.92 Å². The number of amides is 1. The normalized spacial score (nSPS) is 22.5. The first kappa shape index (κ1) is 16.5. The summed E-state index contributed by atoms with van der Waals surface area (Å²) in [4.78, 5) is 13.9. The van der Waals surface area contributed by atoms with Gasteiger partial charge in [0.2, 0.25) is 5.91 Å². The number of hydrogen-bond donors (Lipinski definition) is 2. The highest BCUT2D eigenvalue weighted by molar-refractivity contribution is 7.10. The summed E-state index contributed by atoms with van der Waals surface area (Å²) in [5, 5.41) is 9.38. The lowest BCUT2D eigenvalue weighted by molar-refractivity contribution is -0.126. The Hall–Kier alpha value is -1.36. The summed E-state index contributed by atoms with van der Waals surface area (Å²) in [5.74, 6) is 0.229. The van der Waals surface area contributed by atoms with Gasteiger partial charge >= 0.3 is 0 Å². The predicted octanol–water partition coefficient (Wildman–Crippen LogP) is 4.00. The van der Waals surface area contributed by atoms with Crippen LogP contribution in [0.2, 0.25) is 5.02 Å². The maximum absolute atomic E-state index is 12.7. The van der Waals surface area contributed by atoms with E-state index < -0.39 is 0 Å². The highest BCUT2D eigenvalue weighted by atomic mass is 35.5. The summed E-state index contributed by atoms with van der Waals surface area (Å²) in [6, 6.07) is 12.1. The molecule has 1 fully saturated rings. The van der Waals surface area contributed by atoms with Crippen LogP contribution in [0.15, 0.2) is 41.8 Å². The van der Waals surface area contributed by atoms with Crippen LogP contribution in [0.4, 0.5) is 0 Å². The minimum atomic E-state index is -0.107. The minimum absolute atomic E-state index is 0.0843. The van der Waals surface area contributed by atoms with Gasteiger partial charge in [0.05, 0.1) is 6.04 Å². The molecule has 0 saturated carbocycles. The molecule has 0 bridgehead atoms. The zero-order valence-corrected chi connectivity index (χ0v) is 14.7. The van der Waals surface area contributed by atoms with Crippen molar-refractivity contribution in [2.24, 2.45) is 5.92 Å². The first-order chi connectivity index (χ1) is 11.1. The zero-order chi connectivity index (χ0) is 16.2. The molecular weight excluding hydrogens is 328 g/mol. The molecular formula is C18H21ClN2OS. The van der Waals surface area contributed by atoms with E-state index in [1.165, 1.54) is 0 Å². The first-order valence-corrected chi connectivity index (χ1v) is 9.22. The van der Waals surface area contributed by atoms with Gasteiger partial charge in [-0.25, -0.2) is 0 Å². The van der Waals surface area contributed by atoms with E-state index in [0.717, 1.165) is 29.8 Å². The second-order valence-electron chi connectivity index (χ2n) is 6.09. The van der Waals surface area contributed by atoms with Gasteiger partial charge in [0.25, 0.3) is 0 Å². The number of hydrogen-bond acceptors (Lipinski definition) is 3. The summed E-state index contributed by atoms with van der Waals surface area (Å²) < 4.78 is 0. The van der Waals surface area contributed by atoms with E-state index in [4.69, 9.17) is 11.6 Å². The number of halogens is 1. The monoisotopic (exact) mass is 348 g/mol. The average Bonchev–Trinajstić information content (AvgIpc) is 3.07. The summed E-state index contributed by atoms with van der Waals surface area (Å²) in [6.07, 6.45) is 1.79. The second kappa shape index (κ2) is 7.47. The molecule has 1 unspecified atom stereocenters. The third kappa shape index (κ3) is 4.14. The lowest BCUT2D eigenvalue weighted by Gasteiger charge is -2.29. The van der Waals surface area contributed by atoms with Gasteiger partial charge in [-0.2, -0.15) is 0 Å². The van der Waals surface area contributed by atoms with Crippen molar-refractivity contribution in [3.05, 3.63) is 57.2 Å². The van der Waals surface area contributed by atoms with Crippen molar-refractivity contribution in [1.82, 2.24) is 10.6 Å². The van der Waals surface area contributed by atoms with E-state index in [2.05, 4.69) is 23.6 Å². The lowest BCUT2D eigenvalue weighted by Crippen LogP contribution is -2.43. The van der Waals surface area contributed by atoms with E-state index >= 15 is 0 Å². The largest absolute Gasteiger partial charge is 0.344 e. The molecule has 0 aliphatic carbocycles. The smallest absolute Gasteiger partial charge is 0.223 e. The molecule has 1 aromatic heterocycles. The van der Waals surface area contributed by atoms with Gasteiger partial charge < -0.3 is 10.6 Å². The molecule has 0 radical (unpaired) electrons. The van der Waals surface area contributed by atoms with Crippen molar-refractivity contribution in [2.45, 2.75) is 31.8 Å². The fourth-order valence-corrected chi connectivity index (χ4v) is 3.99. The number of nitrogens with one attached hydrogen (secondary N) is 2. The van der Waals surface area contributed by atoms with Crippen LogP contribution < -0.4 is 10.6 Å². The van der Waals surface area contributed by atoms with Crippen molar-refractivity contribution in [1.29, 1.82) is 0 Å². The molecule has 1 aliphatic heterocycles. The number of piperidine rings is 1. The molecule has 3 atom stereocenters. The Morgan fingerprint density at radius 3 is 2.78 bits per heavy atom. The van der Waals surface area contributed by atoms with Crippen molar-refractivity contribution >= 4 is 28.8 Å². The molecule has 5 heteroatoms. The Balaban J connectivity index is 1.79. The first-order valence-electron chi connectivity index (χ1n) is 7.96. The second-order valence-corrected chi connectivity index (χ2v) is 7.50. The molecule has 1 aromatic carbocycles. The Labute approximate surface area is 146 Å². The van der Waals surface area contributed by atoms with Crippen molar-refractivity contribution in [2.75, 3.05) is 6.54 Å². The Morgan fingerprint density at radius 1 is 1.35 bits per heavy atom. The van der Waals surface area contributed by atoms with Gasteiger partial charge in [-0.3, -0.25) is 4.79 Å². The number of benzene rings is 1. The van der Waals surface area contributed by atoms with Gasteiger partial charge in [-0.15, -0.1) is 11.3 Å². The number of thiophene rings is 1. The van der Waals surface area contributed by atoms with Crippen molar-refractivity contribution in [3.8, 4) is 0 Å². The van der Waals surface area contributed by atoms with Crippen LogP contribution in [0.25, 0.3) is 0 Å². The maximum atomic E-state index is 12.7. The molecule has 122 valence electrons. The summed E-state index contributed by atoms with van der Waals surface area (Å²) in [7, 11) is 0. The Kier molecular flexibility index (Phi) is 5.36. The van der Waals surface area contributed by atoms with E-state index in [-0.39, 0.29) is 17.9 Å². The lowest BCUT2D eigenvalue weighted by atomic mass is 9.92. The van der Waals surface area contributed by atoms with E-state index in [0.29, 0.717) is 11.1 Å². The number of carbonyl (C=O) groups excluding carboxylic acids is 1. The fraction of sp³-hybridized carbons (Fsp3) is 0.389. The maximum Gasteiger partial charge on any atom is 0.223 e. The zero-order valence-electron chi connectivity index (χ0n) is 13.1. The van der Waals surface area contributed by atoms with Gasteiger partial charge in [0.1, 0.15) is 0 Å². The quantitative estimate of drug-likeness (QED) is 0.877. The SMILES string of the molecule is C[C@H]1C[C@@H](C(=O)NC(c2ccc(Cl)cc2)c2cccs2)CCN1. The van der Waals surface area contributed by atoms with Crippen LogP contribution in [-0.4, -0.2) is 18.5 Å². The highest BCUT2D eigenvalue weighted by Crippen LogP contribution is 2.28. The molecule has 23 heavy (non-hydrogen) atoms. The van der Waals surface area contributed by atoms with Crippen LogP contribution in [0.5, 0.6) is 0 Å². The number of rotatable bonds is 4. The average molecular weight is 349 g/mol. The molecule has 2 N–H and O–H groups in total. The van der Waals surface area contributed by atoms with E-state index in [9.17, 15) is 4.79 Å². The van der Waals surface area contributed by atoms with Crippen LogP contribution in [-0.2, 0) is 4.79 Å². The molecule has 1 aliphatic rings. The Bertz CT molecular complexity index is 642. The molecule has 0 spiro atoms. The summed E-state index contributed by atoms with van der Waals surface area (Å²) in [5.41, 5.74) is 1.06. The third-order valence-corrected chi connectivity index (χ3v) is 5.50. The summed E-state index contributed by atoms with van der Waals surface area (Å²) >= 11 is 7.65. The van der Waals surface area contributed by atoms with Crippen LogP contribution in [0.3, 0.4) is 0 Å². The molecule has 3 rings (SSSR count). The van der Waals surface area contributed by atoms with Gasteiger partial charge in [-0.05, 0) is 55.5 Å². The topological polar surface area (TPSA) is 41.1 Å². The van der Waals surface area contributed by atoms with E-state index in [1.54, 1.807) is 11.3 Å². The van der Waals surface area contributed by atoms with Crippen molar-refractivity contribution in [3.63, 3.8) is 0 Å². The van der Waals surface area contributed by atoms with Gasteiger partial charge in [-0.1, -0.05) is 29.8 Å². The standard InChI is InChI=1S/C18H21ClN2OS/c1-12-11-14(8-9-20-12)18(22)21-17(16-3-2-10-23-16)13-4-6-15(19)7-5-13/h2-7,10,12,14,17,20H,8-9,11H2,1H3,(H,21,22)/t12-,14-,17?/m0/s1. The molecule has 1 saturated heterocycles. The molecule has 3 nitrogen and oxygen atoms in total. The molecule has 1 amide bonds. The highest BCUT2D eigenvalue weighted by Gasteiger charge is 2.27. The third-order valence-electron chi connectivity index (χ3n) is 4.31. The Morgan fingerprint density at radius 2 is 2.13 bits per heavy atom. The fourth-order valence-electron chi connectivity index (χ4n) is 3.06.